The van der Waals surface area contributed by atoms with Crippen molar-refractivity contribution in [1.82, 2.24) is 19.6 Å². The summed E-state index contributed by atoms with van der Waals surface area (Å²) in [5.41, 5.74) is 2.48. The molecular formula is C20H14N4O2S. The summed E-state index contributed by atoms with van der Waals surface area (Å²) in [6.45, 7) is 1.10. The highest BCUT2D eigenvalue weighted by Crippen LogP contribution is 2.34. The van der Waals surface area contributed by atoms with Crippen LogP contribution in [0.5, 0.6) is 11.5 Å². The number of benzene rings is 2. The van der Waals surface area contributed by atoms with E-state index in [1.807, 2.05) is 42.5 Å². The lowest BCUT2D eigenvalue weighted by Crippen LogP contribution is -2.15. The molecule has 0 spiro atoms. The summed E-state index contributed by atoms with van der Waals surface area (Å²) in [5.74, 6) is 5.20. The Labute approximate surface area is 159 Å². The number of hydrogen-bond donors (Lipinski definition) is 0. The number of rotatable bonds is 3. The Balaban J connectivity index is 1.70. The normalized spacial score (nSPS) is 13.0. The van der Waals surface area contributed by atoms with E-state index < -0.39 is 0 Å². The van der Waals surface area contributed by atoms with Crippen LogP contribution in [0.1, 0.15) is 0 Å². The van der Waals surface area contributed by atoms with Gasteiger partial charge in [-0.05, 0) is 30.3 Å². The van der Waals surface area contributed by atoms with Gasteiger partial charge in [0.25, 0.3) is 0 Å². The molecule has 0 unspecified atom stereocenters. The van der Waals surface area contributed by atoms with Gasteiger partial charge in [0.1, 0.15) is 13.2 Å². The number of fused-ring (bicyclic) bond motifs is 4. The molecule has 27 heavy (non-hydrogen) atoms. The Morgan fingerprint density at radius 3 is 2.81 bits per heavy atom. The zero-order valence-electron chi connectivity index (χ0n) is 14.3. The van der Waals surface area contributed by atoms with Gasteiger partial charge in [-0.2, -0.15) is 4.52 Å². The minimum atomic E-state index is 0.514. The second kappa shape index (κ2) is 6.49. The van der Waals surface area contributed by atoms with Crippen molar-refractivity contribution in [3.63, 3.8) is 0 Å². The molecule has 5 rings (SSSR count). The van der Waals surface area contributed by atoms with Gasteiger partial charge in [-0.1, -0.05) is 29.8 Å². The minimum Gasteiger partial charge on any atom is -0.486 e. The molecule has 6 nitrogen and oxygen atoms in total. The average molecular weight is 374 g/mol. The fourth-order valence-corrected chi connectivity index (χ4v) is 3.66. The lowest BCUT2D eigenvalue weighted by Gasteiger charge is -2.18. The van der Waals surface area contributed by atoms with Crippen molar-refractivity contribution in [1.29, 1.82) is 0 Å². The Morgan fingerprint density at radius 2 is 1.93 bits per heavy atom. The molecule has 0 saturated heterocycles. The maximum absolute atomic E-state index is 5.68. The van der Waals surface area contributed by atoms with E-state index in [0.717, 1.165) is 33.0 Å². The molecule has 0 radical (unpaired) electrons. The zero-order chi connectivity index (χ0) is 18.2. The topological polar surface area (TPSA) is 61.5 Å². The molecule has 7 heteroatoms. The number of terminal acetylenes is 1. The van der Waals surface area contributed by atoms with Crippen molar-refractivity contribution >= 4 is 28.3 Å². The molecular weight excluding hydrogens is 360 g/mol. The van der Waals surface area contributed by atoms with Gasteiger partial charge in [-0.25, -0.2) is 9.97 Å². The van der Waals surface area contributed by atoms with Crippen LogP contribution >= 0.6 is 11.8 Å². The zero-order valence-corrected chi connectivity index (χ0v) is 15.1. The van der Waals surface area contributed by atoms with Gasteiger partial charge in [0, 0.05) is 10.9 Å². The number of nitrogens with zero attached hydrogens (tertiary/aromatic N) is 4. The quantitative estimate of drug-likeness (QED) is 0.311. The van der Waals surface area contributed by atoms with Crippen LogP contribution in [0.4, 0.5) is 0 Å². The Bertz CT molecular complexity index is 1210. The van der Waals surface area contributed by atoms with Crippen molar-refractivity contribution in [2.24, 2.45) is 0 Å². The van der Waals surface area contributed by atoms with Gasteiger partial charge in [-0.15, -0.1) is 11.5 Å². The molecule has 2 aromatic carbocycles. The van der Waals surface area contributed by atoms with Gasteiger partial charge >= 0.3 is 0 Å². The molecule has 1 aliphatic rings. The molecule has 0 aliphatic carbocycles. The van der Waals surface area contributed by atoms with Crippen molar-refractivity contribution < 1.29 is 9.47 Å². The summed E-state index contributed by atoms with van der Waals surface area (Å²) in [5, 5.41) is 6.36. The van der Waals surface area contributed by atoms with Crippen molar-refractivity contribution in [2.75, 3.05) is 19.0 Å². The third-order valence-electron chi connectivity index (χ3n) is 4.23. The standard InChI is InChI=1S/C20H14N4O2S/c1-2-11-27-20-21-15-6-4-3-5-14(15)19-22-18(23-24(19)20)13-7-8-16-17(12-13)26-10-9-25-16/h1,3-8,12H,9-11H2. The second-order valence-corrected chi connectivity index (χ2v) is 6.88. The van der Waals surface area contributed by atoms with Crippen LogP contribution in [-0.4, -0.2) is 38.5 Å². The lowest BCUT2D eigenvalue weighted by atomic mass is 10.2. The van der Waals surface area contributed by atoms with E-state index in [9.17, 15) is 0 Å². The summed E-state index contributed by atoms with van der Waals surface area (Å²) in [4.78, 5) is 9.48. The number of thioether (sulfide) groups is 1. The van der Waals surface area contributed by atoms with Crippen LogP contribution in [0.3, 0.4) is 0 Å². The highest BCUT2D eigenvalue weighted by atomic mass is 32.2. The van der Waals surface area contributed by atoms with Gasteiger partial charge in [0.05, 0.1) is 11.3 Å². The summed E-state index contributed by atoms with van der Waals surface area (Å²) >= 11 is 1.46. The fourth-order valence-electron chi connectivity index (χ4n) is 3.03. The Hall–Kier alpha value is -3.24. The molecule has 0 atom stereocenters. The third kappa shape index (κ3) is 2.75. The largest absolute Gasteiger partial charge is 0.486 e. The lowest BCUT2D eigenvalue weighted by molar-refractivity contribution is 0.171. The predicted molar refractivity (Wildman–Crippen MR) is 104 cm³/mol. The first-order valence-electron chi connectivity index (χ1n) is 8.45. The smallest absolute Gasteiger partial charge is 0.192 e. The molecule has 0 saturated carbocycles. The predicted octanol–water partition coefficient (Wildman–Crippen LogP) is 3.44. The molecule has 2 aromatic heterocycles. The molecule has 0 bridgehead atoms. The van der Waals surface area contributed by atoms with Crippen molar-refractivity contribution in [3.05, 3.63) is 42.5 Å². The van der Waals surface area contributed by atoms with Crippen LogP contribution < -0.4 is 9.47 Å². The van der Waals surface area contributed by atoms with Crippen molar-refractivity contribution in [3.8, 4) is 35.2 Å². The molecule has 0 fully saturated rings. The van der Waals surface area contributed by atoms with Crippen LogP contribution in [0.15, 0.2) is 47.6 Å². The summed E-state index contributed by atoms with van der Waals surface area (Å²) in [6, 6.07) is 13.6. The number of ether oxygens (including phenoxy) is 2. The third-order valence-corrected chi connectivity index (χ3v) is 5.07. The number of aromatic nitrogens is 4. The monoisotopic (exact) mass is 374 g/mol. The van der Waals surface area contributed by atoms with Gasteiger partial charge in [0.2, 0.25) is 0 Å². The van der Waals surface area contributed by atoms with E-state index >= 15 is 0 Å². The maximum Gasteiger partial charge on any atom is 0.192 e. The molecule has 0 N–H and O–H groups in total. The van der Waals surface area contributed by atoms with Gasteiger partial charge in [-0.3, -0.25) is 0 Å². The Kier molecular flexibility index (Phi) is 3.84. The minimum absolute atomic E-state index is 0.514. The van der Waals surface area contributed by atoms with E-state index in [-0.39, 0.29) is 0 Å². The molecule has 1 aliphatic heterocycles. The number of para-hydroxylation sites is 1. The second-order valence-electron chi connectivity index (χ2n) is 5.93. The summed E-state index contributed by atoms with van der Waals surface area (Å²) in [6.07, 6.45) is 5.42. The van der Waals surface area contributed by atoms with E-state index in [4.69, 9.17) is 31.0 Å². The number of hydrogen-bond acceptors (Lipinski definition) is 6. The molecule has 132 valence electrons. The van der Waals surface area contributed by atoms with Gasteiger partial charge < -0.3 is 9.47 Å². The van der Waals surface area contributed by atoms with Crippen LogP contribution in [-0.2, 0) is 0 Å². The van der Waals surface area contributed by atoms with Crippen LogP contribution in [0, 0.1) is 12.3 Å². The first-order chi connectivity index (χ1) is 13.3. The molecule has 3 heterocycles. The van der Waals surface area contributed by atoms with Gasteiger partial charge in [0.15, 0.2) is 28.1 Å². The SMILES string of the molecule is C#CCSc1nc2ccccc2c2nc(-c3ccc4c(c3)OCCO4)nn12. The average Bonchev–Trinajstić information content (AvgIpc) is 3.17. The molecule has 4 aromatic rings. The highest BCUT2D eigenvalue weighted by molar-refractivity contribution is 7.99. The highest BCUT2D eigenvalue weighted by Gasteiger charge is 2.17. The summed E-state index contributed by atoms with van der Waals surface area (Å²) < 4.78 is 13.0. The van der Waals surface area contributed by atoms with Crippen LogP contribution in [0.2, 0.25) is 0 Å². The van der Waals surface area contributed by atoms with E-state index in [2.05, 4.69) is 5.92 Å². The van der Waals surface area contributed by atoms with E-state index in [0.29, 0.717) is 30.5 Å². The first-order valence-corrected chi connectivity index (χ1v) is 9.44. The van der Waals surface area contributed by atoms with E-state index in [1.54, 1.807) is 4.52 Å². The van der Waals surface area contributed by atoms with E-state index in [1.165, 1.54) is 11.8 Å². The Morgan fingerprint density at radius 1 is 1.07 bits per heavy atom. The van der Waals surface area contributed by atoms with Crippen molar-refractivity contribution in [2.45, 2.75) is 5.16 Å². The first kappa shape index (κ1) is 16.0. The molecule has 0 amide bonds. The van der Waals surface area contributed by atoms with Crippen LogP contribution in [0.25, 0.3) is 27.9 Å². The fraction of sp³-hybridized carbons (Fsp3) is 0.150. The maximum atomic E-state index is 5.68. The summed E-state index contributed by atoms with van der Waals surface area (Å²) in [7, 11) is 0.